The molecule has 1 saturated heterocycles. The summed E-state index contributed by atoms with van der Waals surface area (Å²) < 4.78 is 7.65. The summed E-state index contributed by atoms with van der Waals surface area (Å²) in [5, 5.41) is 35.0. The molecule has 33 heavy (non-hydrogen) atoms. The number of likely N-dealkylation sites (N-methyl/N-ethyl adjacent to an activating group) is 1. The van der Waals surface area contributed by atoms with E-state index in [9.17, 15) is 24.9 Å². The van der Waals surface area contributed by atoms with Crippen molar-refractivity contribution in [2.24, 2.45) is 0 Å². The number of imide groups is 1. The summed E-state index contributed by atoms with van der Waals surface area (Å²) in [7, 11) is 2.61. The first kappa shape index (κ1) is 20.8. The van der Waals surface area contributed by atoms with Gasteiger partial charge in [-0.2, -0.15) is 0 Å². The van der Waals surface area contributed by atoms with Crippen LogP contribution in [0.25, 0.3) is 33.2 Å². The van der Waals surface area contributed by atoms with Crippen molar-refractivity contribution in [3.63, 3.8) is 0 Å². The number of aromatic hydroxyl groups is 1. The summed E-state index contributed by atoms with van der Waals surface area (Å²) in [5.41, 5.74) is -3.96. The quantitative estimate of drug-likeness (QED) is 0.203. The zero-order valence-corrected chi connectivity index (χ0v) is 20.0. The Morgan fingerprint density at radius 1 is 1.12 bits per heavy atom. The second kappa shape index (κ2) is 6.20. The highest BCUT2D eigenvalue weighted by atomic mass is 127. The van der Waals surface area contributed by atoms with E-state index in [1.54, 1.807) is 12.1 Å². The number of benzene rings is 2. The van der Waals surface area contributed by atoms with Gasteiger partial charge >= 0.3 is 0 Å². The van der Waals surface area contributed by atoms with Crippen LogP contribution in [0.15, 0.2) is 30.3 Å². The lowest BCUT2D eigenvalue weighted by atomic mass is 9.79. The minimum atomic E-state index is -2.73. The molecule has 168 valence electrons. The molecule has 11 heteroatoms. The van der Waals surface area contributed by atoms with Gasteiger partial charge in [0.1, 0.15) is 11.4 Å². The third-order valence-corrected chi connectivity index (χ3v) is 7.57. The molecule has 0 aliphatic carbocycles. The number of amides is 2. The number of carbonyl (C=O) groups is 2. The molecule has 4 heterocycles. The lowest BCUT2D eigenvalue weighted by Gasteiger charge is -2.40. The van der Waals surface area contributed by atoms with Gasteiger partial charge in [0.05, 0.1) is 23.3 Å². The number of methoxy groups -OCH3 is 1. The van der Waals surface area contributed by atoms with Crippen molar-refractivity contribution in [3.05, 3.63) is 44.5 Å². The van der Waals surface area contributed by atoms with E-state index in [1.165, 1.54) is 30.9 Å². The van der Waals surface area contributed by atoms with Gasteiger partial charge in [0.25, 0.3) is 17.5 Å². The number of rotatable bonds is 1. The summed E-state index contributed by atoms with van der Waals surface area (Å²) in [5.74, 6) is -1.98. The monoisotopic (exact) mass is 579 g/mol. The molecular formula is C22H15ClIN3O6. The maximum atomic E-state index is 13.4. The molecule has 0 unspecified atom stereocenters. The molecule has 9 nitrogen and oxygen atoms in total. The number of aliphatic hydroxyl groups is 2. The molecule has 0 bridgehead atoms. The fourth-order valence-electron chi connectivity index (χ4n) is 5.16. The summed E-state index contributed by atoms with van der Waals surface area (Å²) >= 11 is 8.26. The van der Waals surface area contributed by atoms with Crippen molar-refractivity contribution < 1.29 is 29.6 Å². The minimum Gasteiger partial charge on any atom is -0.506 e. The highest BCUT2D eigenvalue weighted by molar-refractivity contribution is 14.1. The summed E-state index contributed by atoms with van der Waals surface area (Å²) in [6.45, 7) is 0. The van der Waals surface area contributed by atoms with E-state index in [0.717, 1.165) is 3.57 Å². The number of H-pyrrole nitrogens is 1. The molecule has 1 fully saturated rings. The molecule has 0 spiro atoms. The second-order valence-corrected chi connectivity index (χ2v) is 9.81. The van der Waals surface area contributed by atoms with Gasteiger partial charge in [0.15, 0.2) is 5.75 Å². The van der Waals surface area contributed by atoms with E-state index in [-0.39, 0.29) is 33.3 Å². The van der Waals surface area contributed by atoms with Crippen LogP contribution in [0.4, 0.5) is 0 Å². The lowest BCUT2D eigenvalue weighted by Crippen LogP contribution is -2.58. The van der Waals surface area contributed by atoms with Crippen LogP contribution in [-0.4, -0.2) is 55.7 Å². The number of aromatic nitrogens is 2. The average Bonchev–Trinajstić information content (AvgIpc) is 3.35. The number of hydrogen-bond acceptors (Lipinski definition) is 6. The summed E-state index contributed by atoms with van der Waals surface area (Å²) in [6, 6.07) is 8.08. The Hall–Kier alpha value is -2.80. The number of phenols is 1. The Balaban J connectivity index is 1.93. The predicted octanol–water partition coefficient (Wildman–Crippen LogP) is 2.61. The fraction of sp³-hybridized carbons (Fsp3) is 0.182. The van der Waals surface area contributed by atoms with E-state index in [4.69, 9.17) is 16.3 Å². The largest absolute Gasteiger partial charge is 0.506 e. The fourth-order valence-corrected chi connectivity index (χ4v) is 5.81. The molecule has 2 aromatic carbocycles. The molecule has 2 aliphatic rings. The van der Waals surface area contributed by atoms with Crippen LogP contribution in [0.2, 0.25) is 5.02 Å². The van der Waals surface area contributed by atoms with Crippen LogP contribution in [0, 0.1) is 3.57 Å². The van der Waals surface area contributed by atoms with Crippen LogP contribution in [0.3, 0.4) is 0 Å². The zero-order chi connectivity index (χ0) is 23.6. The number of fused-ring (bicyclic) bond motifs is 10. The Labute approximate surface area is 204 Å². The number of ether oxygens (including phenoxy) is 1. The van der Waals surface area contributed by atoms with Crippen molar-refractivity contribution in [3.8, 4) is 22.9 Å². The first-order chi connectivity index (χ1) is 15.6. The summed E-state index contributed by atoms with van der Waals surface area (Å²) in [6.07, 6.45) is 0. The number of carbonyl (C=O) groups excluding carboxylic acids is 2. The lowest BCUT2D eigenvalue weighted by molar-refractivity contribution is -0.193. The van der Waals surface area contributed by atoms with E-state index >= 15 is 0 Å². The number of hydrogen-bond donors (Lipinski definition) is 4. The topological polar surface area (TPSA) is 128 Å². The smallest absolute Gasteiger partial charge is 0.286 e. The molecule has 2 amide bonds. The van der Waals surface area contributed by atoms with Crippen LogP contribution < -0.4 is 4.74 Å². The Kier molecular flexibility index (Phi) is 3.90. The van der Waals surface area contributed by atoms with E-state index in [2.05, 4.69) is 27.6 Å². The summed E-state index contributed by atoms with van der Waals surface area (Å²) in [4.78, 5) is 30.7. The number of nitrogens with zero attached hydrogens (tertiary/aromatic N) is 2. The van der Waals surface area contributed by atoms with Crippen LogP contribution in [-0.2, 0) is 20.9 Å². The van der Waals surface area contributed by atoms with Crippen molar-refractivity contribution in [2.75, 3.05) is 14.2 Å². The Morgan fingerprint density at radius 2 is 1.85 bits per heavy atom. The predicted molar refractivity (Wildman–Crippen MR) is 127 cm³/mol. The molecule has 2 aromatic heterocycles. The number of likely N-dealkylation sites (tertiary alicyclic amines) is 1. The Bertz CT molecular complexity index is 1590. The van der Waals surface area contributed by atoms with Gasteiger partial charge < -0.3 is 25.0 Å². The molecule has 0 saturated carbocycles. The van der Waals surface area contributed by atoms with Crippen molar-refractivity contribution in [2.45, 2.75) is 11.3 Å². The molecule has 6 rings (SSSR count). The third kappa shape index (κ3) is 2.11. The van der Waals surface area contributed by atoms with Gasteiger partial charge in [0, 0.05) is 32.5 Å². The highest BCUT2D eigenvalue weighted by Gasteiger charge is 2.74. The van der Waals surface area contributed by atoms with Gasteiger partial charge in [-0.05, 0) is 52.9 Å². The maximum Gasteiger partial charge on any atom is 0.286 e. The van der Waals surface area contributed by atoms with Crippen molar-refractivity contribution in [1.29, 1.82) is 0 Å². The van der Waals surface area contributed by atoms with Gasteiger partial charge in [-0.25, -0.2) is 0 Å². The van der Waals surface area contributed by atoms with Crippen molar-refractivity contribution in [1.82, 2.24) is 14.5 Å². The number of aromatic amines is 1. The second-order valence-electron chi connectivity index (χ2n) is 8.15. The van der Waals surface area contributed by atoms with Crippen LogP contribution in [0.5, 0.6) is 11.5 Å². The number of phenolic OH excluding ortho intramolecular Hbond substituents is 1. The number of nitrogens with one attached hydrogen (secondary N) is 1. The molecule has 2 atom stereocenters. The van der Waals surface area contributed by atoms with Gasteiger partial charge in [-0.15, -0.1) is 0 Å². The average molecular weight is 580 g/mol. The maximum absolute atomic E-state index is 13.4. The van der Waals surface area contributed by atoms with Gasteiger partial charge in [0.2, 0.25) is 5.60 Å². The molecule has 4 aromatic rings. The Morgan fingerprint density at radius 3 is 2.55 bits per heavy atom. The molecule has 2 aliphatic heterocycles. The first-order valence-corrected chi connectivity index (χ1v) is 11.2. The standard InChI is InChI=1S/C22H15ClIN3O6/c1-26-19(29)21(31)15-9-5-8(24)3-4-12(9)25-16(15)17-18(33-2)10-6-14(28)11(23)7-13(10)27(17)22(21,32)20(26)30/h3-7,25,28,31-32H,1-2H3/t21-,22+/m1/s1. The molecule has 0 radical (unpaired) electrons. The van der Waals surface area contributed by atoms with Crippen molar-refractivity contribution >= 4 is 67.8 Å². The minimum absolute atomic E-state index is 0.0419. The van der Waals surface area contributed by atoms with Gasteiger partial charge in [-0.3, -0.25) is 19.1 Å². The first-order valence-electron chi connectivity index (χ1n) is 9.78. The van der Waals surface area contributed by atoms with E-state index in [0.29, 0.717) is 26.9 Å². The van der Waals surface area contributed by atoms with E-state index in [1.807, 2.05) is 6.07 Å². The zero-order valence-electron chi connectivity index (χ0n) is 17.1. The molecule has 4 N–H and O–H groups in total. The molecular weight excluding hydrogens is 565 g/mol. The van der Waals surface area contributed by atoms with E-state index < -0.39 is 23.1 Å². The third-order valence-electron chi connectivity index (χ3n) is 6.60. The normalized spacial score (nSPS) is 23.9. The van der Waals surface area contributed by atoms with Gasteiger partial charge in [-0.1, -0.05) is 11.6 Å². The number of halogens is 2. The SMILES string of the molecule is COc1c2n(c3cc(Cl)c(O)cc13)[C@]1(O)C(=O)N(C)C(=O)[C@]1(O)c1c-2[nH]c2ccc(I)cc12. The van der Waals surface area contributed by atoms with Crippen LogP contribution >= 0.6 is 34.2 Å². The van der Waals surface area contributed by atoms with Crippen LogP contribution in [0.1, 0.15) is 5.56 Å². The highest BCUT2D eigenvalue weighted by Crippen LogP contribution is 2.59.